The maximum atomic E-state index is 12.0. The molecule has 118 valence electrons. The molecule has 2 aromatic rings. The second-order valence-electron chi connectivity index (χ2n) is 4.92. The summed E-state index contributed by atoms with van der Waals surface area (Å²) in [5.74, 6) is 0.640. The van der Waals surface area contributed by atoms with Gasteiger partial charge in [0.1, 0.15) is 0 Å². The number of ether oxygens (including phenoxy) is 1. The van der Waals surface area contributed by atoms with Crippen LogP contribution in [-0.2, 0) is 9.53 Å². The molecule has 0 saturated carbocycles. The van der Waals surface area contributed by atoms with Crippen LogP contribution in [0.2, 0.25) is 0 Å². The maximum absolute atomic E-state index is 12.0. The fraction of sp³-hybridized carbons (Fsp3) is 0.333. The third-order valence-corrected chi connectivity index (χ3v) is 3.29. The normalized spacial score (nSPS) is 17.5. The summed E-state index contributed by atoms with van der Waals surface area (Å²) in [7, 11) is 0. The number of hydrogen-bond acceptors (Lipinski definition) is 5. The van der Waals surface area contributed by atoms with Crippen molar-refractivity contribution in [2.45, 2.75) is 12.5 Å². The van der Waals surface area contributed by atoms with E-state index < -0.39 is 0 Å². The molecule has 1 saturated heterocycles. The second kappa shape index (κ2) is 7.93. The Morgan fingerprint density at radius 3 is 3.09 bits per heavy atom. The van der Waals surface area contributed by atoms with Crippen LogP contribution in [0.25, 0.3) is 11.3 Å². The number of rotatable bonds is 4. The van der Waals surface area contributed by atoms with Gasteiger partial charge in [0.15, 0.2) is 12.2 Å². The van der Waals surface area contributed by atoms with E-state index >= 15 is 0 Å². The molecule has 0 radical (unpaired) electrons. The van der Waals surface area contributed by atoms with Crippen molar-refractivity contribution in [3.05, 3.63) is 36.9 Å². The molecule has 1 aliphatic rings. The lowest BCUT2D eigenvalue weighted by atomic mass is 10.1. The Morgan fingerprint density at radius 2 is 2.36 bits per heavy atom. The van der Waals surface area contributed by atoms with Crippen LogP contribution in [0.1, 0.15) is 6.42 Å². The molecule has 0 aliphatic carbocycles. The number of amides is 1. The van der Waals surface area contributed by atoms with Crippen LogP contribution < -0.4 is 10.6 Å². The van der Waals surface area contributed by atoms with Crippen molar-refractivity contribution in [2.24, 2.45) is 0 Å². The highest BCUT2D eigenvalue weighted by atomic mass is 35.5. The highest BCUT2D eigenvalue weighted by molar-refractivity contribution is 5.91. The lowest BCUT2D eigenvalue weighted by molar-refractivity contribution is -0.117. The number of nitrogens with one attached hydrogen (secondary N) is 2. The van der Waals surface area contributed by atoms with Gasteiger partial charge in [-0.05, 0) is 12.1 Å². The standard InChI is InChI=1S/C15H17N3O3.ClH/c19-15(7-13-9-20-5-4-17-13)18-12-3-1-2-11(6-12)14-8-16-10-21-14;/h1-3,6,8,10,13,17H,4-5,7,9H2,(H,18,19);1H. The summed E-state index contributed by atoms with van der Waals surface area (Å²) < 4.78 is 10.6. The van der Waals surface area contributed by atoms with Crippen molar-refractivity contribution in [3.63, 3.8) is 0 Å². The average molecular weight is 324 g/mol. The summed E-state index contributed by atoms with van der Waals surface area (Å²) in [6.07, 6.45) is 3.42. The number of carbonyl (C=O) groups is 1. The Balaban J connectivity index is 0.00000176. The van der Waals surface area contributed by atoms with Gasteiger partial charge in [0, 0.05) is 30.3 Å². The van der Waals surface area contributed by atoms with Crippen LogP contribution in [0, 0.1) is 0 Å². The number of oxazole rings is 1. The van der Waals surface area contributed by atoms with Gasteiger partial charge < -0.3 is 19.8 Å². The molecule has 7 heteroatoms. The molecule has 2 heterocycles. The minimum absolute atomic E-state index is 0. The molecule has 1 fully saturated rings. The Bertz CT molecular complexity index is 598. The van der Waals surface area contributed by atoms with Crippen molar-refractivity contribution in [2.75, 3.05) is 25.1 Å². The van der Waals surface area contributed by atoms with Gasteiger partial charge >= 0.3 is 0 Å². The second-order valence-corrected chi connectivity index (χ2v) is 4.92. The molecule has 22 heavy (non-hydrogen) atoms. The van der Waals surface area contributed by atoms with Crippen LogP contribution in [0.3, 0.4) is 0 Å². The average Bonchev–Trinajstić information content (AvgIpc) is 3.02. The van der Waals surface area contributed by atoms with E-state index in [9.17, 15) is 4.79 Å². The zero-order chi connectivity index (χ0) is 14.5. The molecule has 1 aromatic carbocycles. The van der Waals surface area contributed by atoms with Gasteiger partial charge in [-0.15, -0.1) is 12.4 Å². The van der Waals surface area contributed by atoms with E-state index in [0.29, 0.717) is 25.4 Å². The molecule has 0 spiro atoms. The van der Waals surface area contributed by atoms with E-state index in [1.165, 1.54) is 6.39 Å². The van der Waals surface area contributed by atoms with Gasteiger partial charge in [-0.1, -0.05) is 12.1 Å². The van der Waals surface area contributed by atoms with E-state index in [1.807, 2.05) is 24.3 Å². The predicted molar refractivity (Wildman–Crippen MR) is 85.0 cm³/mol. The first-order chi connectivity index (χ1) is 10.3. The van der Waals surface area contributed by atoms with Gasteiger partial charge in [-0.25, -0.2) is 4.98 Å². The van der Waals surface area contributed by atoms with Crippen molar-refractivity contribution >= 4 is 24.0 Å². The number of benzene rings is 1. The highest BCUT2D eigenvalue weighted by Gasteiger charge is 2.17. The predicted octanol–water partition coefficient (Wildman–Crippen LogP) is 2.08. The first kappa shape index (κ1) is 16.5. The SMILES string of the molecule is Cl.O=C(CC1COCCN1)Nc1cccc(-c2cnco2)c1. The van der Waals surface area contributed by atoms with Gasteiger partial charge in [-0.3, -0.25) is 4.79 Å². The Labute approximate surface area is 134 Å². The van der Waals surface area contributed by atoms with Crippen molar-refractivity contribution in [3.8, 4) is 11.3 Å². The monoisotopic (exact) mass is 323 g/mol. The quantitative estimate of drug-likeness (QED) is 0.901. The van der Waals surface area contributed by atoms with E-state index in [1.54, 1.807) is 6.20 Å². The van der Waals surface area contributed by atoms with Gasteiger partial charge in [0.05, 0.1) is 19.4 Å². The van der Waals surface area contributed by atoms with Crippen LogP contribution in [0.5, 0.6) is 0 Å². The molecule has 1 aliphatic heterocycles. The molecule has 6 nitrogen and oxygen atoms in total. The largest absolute Gasteiger partial charge is 0.444 e. The van der Waals surface area contributed by atoms with Gasteiger partial charge in [0.25, 0.3) is 0 Å². The topological polar surface area (TPSA) is 76.4 Å². The van der Waals surface area contributed by atoms with Crippen molar-refractivity contribution in [1.29, 1.82) is 0 Å². The van der Waals surface area contributed by atoms with Crippen molar-refractivity contribution in [1.82, 2.24) is 10.3 Å². The summed E-state index contributed by atoms with van der Waals surface area (Å²) in [4.78, 5) is 15.9. The molecular formula is C15H18ClN3O3. The van der Waals surface area contributed by atoms with Gasteiger partial charge in [-0.2, -0.15) is 0 Å². The summed E-state index contributed by atoms with van der Waals surface area (Å²) in [6.45, 7) is 2.07. The maximum Gasteiger partial charge on any atom is 0.226 e. The van der Waals surface area contributed by atoms with Crippen molar-refractivity contribution < 1.29 is 13.9 Å². The van der Waals surface area contributed by atoms with E-state index in [4.69, 9.17) is 9.15 Å². The van der Waals surface area contributed by atoms with E-state index in [2.05, 4.69) is 15.6 Å². The smallest absolute Gasteiger partial charge is 0.226 e. The summed E-state index contributed by atoms with van der Waals surface area (Å²) in [6, 6.07) is 7.57. The number of aromatic nitrogens is 1. The molecule has 1 unspecified atom stereocenters. The Kier molecular flexibility index (Phi) is 5.94. The zero-order valence-electron chi connectivity index (χ0n) is 12.0. The molecule has 1 aromatic heterocycles. The van der Waals surface area contributed by atoms with E-state index in [0.717, 1.165) is 17.8 Å². The third-order valence-electron chi connectivity index (χ3n) is 3.29. The van der Waals surface area contributed by atoms with Crippen LogP contribution in [-0.4, -0.2) is 36.7 Å². The minimum Gasteiger partial charge on any atom is -0.444 e. The van der Waals surface area contributed by atoms with Gasteiger partial charge in [0.2, 0.25) is 5.91 Å². The first-order valence-corrected chi connectivity index (χ1v) is 6.91. The lowest BCUT2D eigenvalue weighted by Gasteiger charge is -2.23. The molecule has 1 atom stereocenters. The zero-order valence-corrected chi connectivity index (χ0v) is 12.8. The number of hydrogen-bond donors (Lipinski definition) is 2. The van der Waals surface area contributed by atoms with Crippen LogP contribution in [0.4, 0.5) is 5.69 Å². The summed E-state index contributed by atoms with van der Waals surface area (Å²) in [5.41, 5.74) is 1.62. The summed E-state index contributed by atoms with van der Waals surface area (Å²) in [5, 5.41) is 6.16. The number of anilines is 1. The minimum atomic E-state index is -0.0345. The number of halogens is 1. The Morgan fingerprint density at radius 1 is 1.45 bits per heavy atom. The van der Waals surface area contributed by atoms with Crippen LogP contribution >= 0.6 is 12.4 Å². The summed E-state index contributed by atoms with van der Waals surface area (Å²) >= 11 is 0. The number of carbonyl (C=O) groups excluding carboxylic acids is 1. The van der Waals surface area contributed by atoms with Crippen LogP contribution in [0.15, 0.2) is 41.3 Å². The molecular weight excluding hydrogens is 306 g/mol. The highest BCUT2D eigenvalue weighted by Crippen LogP contribution is 2.22. The molecule has 0 bridgehead atoms. The lowest BCUT2D eigenvalue weighted by Crippen LogP contribution is -2.43. The fourth-order valence-corrected chi connectivity index (χ4v) is 2.30. The number of morpholine rings is 1. The molecule has 3 rings (SSSR count). The third kappa shape index (κ3) is 4.30. The van der Waals surface area contributed by atoms with E-state index in [-0.39, 0.29) is 24.4 Å². The number of nitrogens with zero attached hydrogens (tertiary/aromatic N) is 1. The molecule has 1 amide bonds. The Hall–Kier alpha value is -1.89. The first-order valence-electron chi connectivity index (χ1n) is 6.91. The molecule has 2 N–H and O–H groups in total. The fourth-order valence-electron chi connectivity index (χ4n) is 2.30.